The predicted molar refractivity (Wildman–Crippen MR) is 117 cm³/mol. The number of H-pyrrole nitrogens is 1. The van der Waals surface area contributed by atoms with Gasteiger partial charge >= 0.3 is 0 Å². The SMILES string of the molecule is NC(=O)c1cccc2c(-c3nc4c(c(NCc5ccccc5)n3)CCCOC4)n[nH]c12. The first-order valence-corrected chi connectivity index (χ1v) is 10.2. The van der Waals surface area contributed by atoms with Gasteiger partial charge < -0.3 is 15.8 Å². The van der Waals surface area contributed by atoms with Crippen LogP contribution in [0.1, 0.15) is 33.6 Å². The molecule has 31 heavy (non-hydrogen) atoms. The van der Waals surface area contributed by atoms with Gasteiger partial charge in [0.2, 0.25) is 0 Å². The van der Waals surface area contributed by atoms with Crippen molar-refractivity contribution in [1.29, 1.82) is 0 Å². The molecule has 0 fully saturated rings. The smallest absolute Gasteiger partial charge is 0.250 e. The van der Waals surface area contributed by atoms with Crippen LogP contribution in [0.25, 0.3) is 22.4 Å². The van der Waals surface area contributed by atoms with Gasteiger partial charge in [-0.2, -0.15) is 5.10 Å². The second-order valence-corrected chi connectivity index (χ2v) is 7.48. The highest BCUT2D eigenvalue weighted by atomic mass is 16.5. The predicted octanol–water partition coefficient (Wildman–Crippen LogP) is 3.19. The summed E-state index contributed by atoms with van der Waals surface area (Å²) in [5.74, 6) is 0.756. The van der Waals surface area contributed by atoms with Crippen LogP contribution in [0.5, 0.6) is 0 Å². The van der Waals surface area contributed by atoms with Crippen LogP contribution in [0.2, 0.25) is 0 Å². The molecule has 0 saturated heterocycles. The molecule has 4 N–H and O–H groups in total. The number of ether oxygens (including phenoxy) is 1. The molecule has 2 aromatic heterocycles. The third kappa shape index (κ3) is 3.73. The molecule has 1 amide bonds. The maximum atomic E-state index is 11.8. The van der Waals surface area contributed by atoms with Gasteiger partial charge in [0.25, 0.3) is 5.91 Å². The van der Waals surface area contributed by atoms with Gasteiger partial charge in [0.05, 0.1) is 23.4 Å². The number of carbonyl (C=O) groups is 1. The first kappa shape index (κ1) is 19.2. The van der Waals surface area contributed by atoms with Gasteiger partial charge in [-0.3, -0.25) is 9.89 Å². The second kappa shape index (κ2) is 8.16. The van der Waals surface area contributed by atoms with Crippen molar-refractivity contribution in [2.24, 2.45) is 5.73 Å². The Morgan fingerprint density at radius 3 is 2.84 bits per heavy atom. The molecule has 156 valence electrons. The highest BCUT2D eigenvalue weighted by Crippen LogP contribution is 2.30. The number of para-hydroxylation sites is 1. The molecular formula is C23H22N6O2. The van der Waals surface area contributed by atoms with E-state index < -0.39 is 5.91 Å². The summed E-state index contributed by atoms with van der Waals surface area (Å²) < 4.78 is 5.74. The van der Waals surface area contributed by atoms with E-state index in [9.17, 15) is 4.79 Å². The number of nitrogens with two attached hydrogens (primary N) is 1. The molecule has 0 bridgehead atoms. The minimum absolute atomic E-state index is 0.386. The molecule has 1 aliphatic heterocycles. The molecule has 0 atom stereocenters. The number of rotatable bonds is 5. The number of nitrogens with zero attached hydrogens (tertiary/aromatic N) is 3. The fraction of sp³-hybridized carbons (Fsp3) is 0.217. The van der Waals surface area contributed by atoms with Gasteiger partial charge in [-0.1, -0.05) is 42.5 Å². The van der Waals surface area contributed by atoms with Crippen molar-refractivity contribution in [3.05, 3.63) is 70.9 Å². The van der Waals surface area contributed by atoms with Crippen LogP contribution in [0.15, 0.2) is 48.5 Å². The Morgan fingerprint density at radius 2 is 2.00 bits per heavy atom. The number of hydrogen-bond donors (Lipinski definition) is 3. The number of nitrogens with one attached hydrogen (secondary N) is 2. The highest BCUT2D eigenvalue weighted by molar-refractivity contribution is 6.07. The second-order valence-electron chi connectivity index (χ2n) is 7.48. The van der Waals surface area contributed by atoms with Gasteiger partial charge in [-0.25, -0.2) is 9.97 Å². The van der Waals surface area contributed by atoms with E-state index in [0.717, 1.165) is 40.9 Å². The summed E-state index contributed by atoms with van der Waals surface area (Å²) in [6, 6.07) is 15.5. The van der Waals surface area contributed by atoms with Crippen LogP contribution in [-0.2, 0) is 24.3 Å². The van der Waals surface area contributed by atoms with Gasteiger partial charge in [-0.05, 0) is 24.5 Å². The number of carbonyl (C=O) groups excluding carboxylic acids is 1. The molecule has 0 saturated carbocycles. The number of amides is 1. The average Bonchev–Trinajstić information content (AvgIpc) is 3.08. The normalized spacial score (nSPS) is 13.5. The Hall–Kier alpha value is -3.78. The van der Waals surface area contributed by atoms with Crippen molar-refractivity contribution in [3.8, 4) is 11.5 Å². The summed E-state index contributed by atoms with van der Waals surface area (Å²) in [6.07, 6.45) is 1.77. The van der Waals surface area contributed by atoms with Gasteiger partial charge in [0, 0.05) is 24.1 Å². The molecule has 0 unspecified atom stereocenters. The minimum Gasteiger partial charge on any atom is -0.375 e. The van der Waals surface area contributed by atoms with E-state index >= 15 is 0 Å². The summed E-state index contributed by atoms with van der Waals surface area (Å²) in [5.41, 5.74) is 10.2. The first-order chi connectivity index (χ1) is 15.2. The lowest BCUT2D eigenvalue weighted by atomic mass is 10.1. The van der Waals surface area contributed by atoms with E-state index in [-0.39, 0.29) is 0 Å². The lowest BCUT2D eigenvalue weighted by Gasteiger charge is -2.14. The quantitative estimate of drug-likeness (QED) is 0.461. The maximum Gasteiger partial charge on any atom is 0.250 e. The van der Waals surface area contributed by atoms with Gasteiger partial charge in [-0.15, -0.1) is 0 Å². The Kier molecular flexibility index (Phi) is 5.05. The van der Waals surface area contributed by atoms with Crippen LogP contribution in [0.3, 0.4) is 0 Å². The molecule has 3 heterocycles. The van der Waals surface area contributed by atoms with E-state index in [4.69, 9.17) is 20.4 Å². The van der Waals surface area contributed by atoms with Crippen LogP contribution >= 0.6 is 0 Å². The third-order valence-electron chi connectivity index (χ3n) is 5.43. The van der Waals surface area contributed by atoms with Crippen molar-refractivity contribution in [2.45, 2.75) is 26.0 Å². The van der Waals surface area contributed by atoms with Gasteiger partial charge in [0.1, 0.15) is 11.5 Å². The first-order valence-electron chi connectivity index (χ1n) is 10.2. The topological polar surface area (TPSA) is 119 Å². The number of hydrogen-bond acceptors (Lipinski definition) is 6. The Bertz CT molecular complexity index is 1250. The molecular weight excluding hydrogens is 392 g/mol. The van der Waals surface area contributed by atoms with E-state index in [1.54, 1.807) is 12.1 Å². The Morgan fingerprint density at radius 1 is 1.13 bits per heavy atom. The van der Waals surface area contributed by atoms with E-state index in [1.807, 2.05) is 24.3 Å². The van der Waals surface area contributed by atoms with Crippen molar-refractivity contribution in [1.82, 2.24) is 20.2 Å². The zero-order valence-electron chi connectivity index (χ0n) is 16.9. The lowest BCUT2D eigenvalue weighted by Crippen LogP contribution is -2.11. The van der Waals surface area contributed by atoms with Crippen LogP contribution < -0.4 is 11.1 Å². The largest absolute Gasteiger partial charge is 0.375 e. The van der Waals surface area contributed by atoms with Crippen molar-refractivity contribution < 1.29 is 9.53 Å². The standard InChI is InChI=1S/C23H22N6O2/c24-21(30)17-9-4-8-16-19(17)28-29-20(16)23-26-18-13-31-11-5-10-15(18)22(27-23)25-12-14-6-2-1-3-7-14/h1-4,6-9H,5,10-13H2,(H2,24,30)(H,28,29)(H,25,26,27). The number of primary amides is 1. The zero-order valence-corrected chi connectivity index (χ0v) is 16.9. The maximum absolute atomic E-state index is 11.8. The molecule has 5 rings (SSSR count). The van der Waals surface area contributed by atoms with Crippen molar-refractivity contribution in [2.75, 3.05) is 11.9 Å². The Labute approximate surface area is 178 Å². The van der Waals surface area contributed by atoms with E-state index in [2.05, 4.69) is 27.6 Å². The highest BCUT2D eigenvalue weighted by Gasteiger charge is 2.21. The van der Waals surface area contributed by atoms with Crippen molar-refractivity contribution >= 4 is 22.6 Å². The average molecular weight is 414 g/mol. The minimum atomic E-state index is -0.512. The number of fused-ring (bicyclic) bond motifs is 2. The number of anilines is 1. The molecule has 8 nitrogen and oxygen atoms in total. The molecule has 0 aliphatic carbocycles. The van der Waals surface area contributed by atoms with Crippen LogP contribution in [0.4, 0.5) is 5.82 Å². The summed E-state index contributed by atoms with van der Waals surface area (Å²) in [5, 5.41) is 11.6. The number of aromatic nitrogens is 4. The monoisotopic (exact) mass is 414 g/mol. The zero-order chi connectivity index (χ0) is 21.2. The lowest BCUT2D eigenvalue weighted by molar-refractivity contribution is 0.100. The van der Waals surface area contributed by atoms with E-state index in [1.165, 1.54) is 0 Å². The fourth-order valence-electron chi connectivity index (χ4n) is 3.88. The molecule has 0 spiro atoms. The van der Waals surface area contributed by atoms with Crippen LogP contribution in [-0.4, -0.2) is 32.7 Å². The number of aromatic amines is 1. The number of benzene rings is 2. The van der Waals surface area contributed by atoms with Gasteiger partial charge in [0.15, 0.2) is 5.82 Å². The molecule has 2 aromatic carbocycles. The molecule has 4 aromatic rings. The summed E-state index contributed by atoms with van der Waals surface area (Å²) in [4.78, 5) is 21.4. The van der Waals surface area contributed by atoms with Crippen LogP contribution in [0, 0.1) is 0 Å². The molecule has 0 radical (unpaired) electrons. The molecule has 8 heteroatoms. The van der Waals surface area contributed by atoms with Crippen molar-refractivity contribution in [3.63, 3.8) is 0 Å². The summed E-state index contributed by atoms with van der Waals surface area (Å²) >= 11 is 0. The Balaban J connectivity index is 1.59. The summed E-state index contributed by atoms with van der Waals surface area (Å²) in [6.45, 7) is 1.77. The fourth-order valence-corrected chi connectivity index (χ4v) is 3.88. The molecule has 1 aliphatic rings. The van der Waals surface area contributed by atoms with E-state index in [0.29, 0.717) is 42.4 Å². The third-order valence-corrected chi connectivity index (χ3v) is 5.43. The summed E-state index contributed by atoms with van der Waals surface area (Å²) in [7, 11) is 0.